The Bertz CT molecular complexity index is 750. The molecule has 0 N–H and O–H groups in total. The number of rotatable bonds is 41. The first-order chi connectivity index (χ1) is 24.3. The minimum atomic E-state index is -0.481. The van der Waals surface area contributed by atoms with E-state index in [9.17, 15) is 14.0 Å². The Hall–Kier alpha value is -1.71. The molecule has 0 unspecified atom stereocenters. The third kappa shape index (κ3) is 32.0. The fourth-order valence-corrected chi connectivity index (χ4v) is 3.60. The molecular weight excluding hydrogens is 657 g/mol. The molecule has 0 aromatic rings. The molecule has 0 aromatic carbocycles. The van der Waals surface area contributed by atoms with Gasteiger partial charge < -0.3 is 61.6 Å². The number of amides is 2. The summed E-state index contributed by atoms with van der Waals surface area (Å²) in [7, 11) is 0. The Morgan fingerprint density at radius 1 is 0.327 bits per heavy atom. The zero-order valence-electron chi connectivity index (χ0n) is 28.9. The number of carbonyl (C=O) groups is 2. The van der Waals surface area contributed by atoms with Gasteiger partial charge in [0.1, 0.15) is 6.67 Å². The molecule has 0 saturated heterocycles. The molecule has 0 aliphatic carbocycles. The number of hydrogen-bond donors (Lipinski definition) is 0. The lowest BCUT2D eigenvalue weighted by atomic mass is 10.5. The number of hydrogen-bond acceptors (Lipinski definition) is 15. The Balaban J connectivity index is 1.61. The van der Waals surface area contributed by atoms with Gasteiger partial charge in [-0.3, -0.25) is 14.5 Å². The molecule has 0 bridgehead atoms. The van der Waals surface area contributed by atoms with Gasteiger partial charge in [-0.1, -0.05) is 0 Å². The van der Waals surface area contributed by atoms with Crippen LogP contribution >= 0.6 is 0 Å². The lowest BCUT2D eigenvalue weighted by Crippen LogP contribution is -2.33. The number of ether oxygens (including phenoxy) is 13. The van der Waals surface area contributed by atoms with Gasteiger partial charge in [0.25, 0.3) is 11.8 Å². The molecule has 1 rings (SSSR count). The zero-order valence-corrected chi connectivity index (χ0v) is 28.9. The molecule has 0 radical (unpaired) electrons. The number of imide groups is 1. The quantitative estimate of drug-likeness (QED) is 0.0620. The maximum atomic E-state index is 11.8. The van der Waals surface area contributed by atoms with Gasteiger partial charge in [-0.05, 0) is 0 Å². The molecule has 0 fully saturated rings. The first-order valence-corrected chi connectivity index (χ1v) is 16.9. The third-order valence-corrected chi connectivity index (χ3v) is 6.05. The second kappa shape index (κ2) is 37.5. The predicted octanol–water partition coefficient (Wildman–Crippen LogP) is 0.0967. The van der Waals surface area contributed by atoms with Crippen LogP contribution in [0.5, 0.6) is 0 Å². The Morgan fingerprint density at radius 3 is 0.714 bits per heavy atom. The second-order valence-electron chi connectivity index (χ2n) is 9.81. The molecule has 49 heavy (non-hydrogen) atoms. The van der Waals surface area contributed by atoms with Gasteiger partial charge in [0.15, 0.2) is 0 Å². The van der Waals surface area contributed by atoms with Crippen molar-refractivity contribution in [2.24, 2.45) is 0 Å². The summed E-state index contributed by atoms with van der Waals surface area (Å²) in [6.45, 7) is 11.2. The second-order valence-corrected chi connectivity index (χ2v) is 9.81. The van der Waals surface area contributed by atoms with Gasteiger partial charge in [-0.25, -0.2) is 4.39 Å². The van der Waals surface area contributed by atoms with E-state index in [0.29, 0.717) is 159 Å². The Morgan fingerprint density at radius 2 is 0.510 bits per heavy atom. The van der Waals surface area contributed by atoms with Gasteiger partial charge in [-0.15, -0.1) is 0 Å². The van der Waals surface area contributed by atoms with E-state index in [1.807, 2.05) is 0 Å². The van der Waals surface area contributed by atoms with Crippen molar-refractivity contribution in [3.8, 4) is 0 Å². The van der Waals surface area contributed by atoms with Crippen LogP contribution in [0.2, 0.25) is 0 Å². The summed E-state index contributed by atoms with van der Waals surface area (Å²) in [6, 6.07) is 0. The van der Waals surface area contributed by atoms with Crippen molar-refractivity contribution in [3.63, 3.8) is 0 Å². The van der Waals surface area contributed by atoms with Crippen molar-refractivity contribution < 1.29 is 75.6 Å². The highest BCUT2D eigenvalue weighted by Gasteiger charge is 2.22. The van der Waals surface area contributed by atoms with Crippen molar-refractivity contribution in [2.75, 3.05) is 185 Å². The van der Waals surface area contributed by atoms with Gasteiger partial charge in [0.05, 0.1) is 178 Å². The fourth-order valence-electron chi connectivity index (χ4n) is 3.60. The highest BCUT2D eigenvalue weighted by Crippen LogP contribution is 2.02. The largest absolute Gasteiger partial charge is 0.377 e. The van der Waals surface area contributed by atoms with E-state index < -0.39 is 6.67 Å². The summed E-state index contributed by atoms with van der Waals surface area (Å²) >= 11 is 0. The van der Waals surface area contributed by atoms with E-state index in [2.05, 4.69) is 0 Å². The standard InChI is InChI=1S/C32H58FNO15/c33-3-5-37-7-9-39-11-13-41-15-17-43-19-21-45-23-25-47-27-29-49-30-28-48-26-24-46-22-20-44-18-16-42-14-12-40-10-8-38-6-4-34-31(35)1-2-32(34)36/h1-2H,3-30H2. The molecule has 1 aliphatic rings. The molecule has 0 atom stereocenters. The summed E-state index contributed by atoms with van der Waals surface area (Å²) in [6.07, 6.45) is 2.50. The van der Waals surface area contributed by atoms with Crippen LogP contribution in [0.15, 0.2) is 12.2 Å². The van der Waals surface area contributed by atoms with Gasteiger partial charge in [0, 0.05) is 12.2 Å². The van der Waals surface area contributed by atoms with Crippen LogP contribution in [0, 0.1) is 0 Å². The van der Waals surface area contributed by atoms with E-state index in [0.717, 1.165) is 4.90 Å². The first kappa shape index (κ1) is 45.3. The smallest absolute Gasteiger partial charge is 0.253 e. The van der Waals surface area contributed by atoms with Crippen molar-refractivity contribution in [2.45, 2.75) is 0 Å². The highest BCUT2D eigenvalue weighted by molar-refractivity contribution is 6.12. The minimum Gasteiger partial charge on any atom is -0.377 e. The van der Waals surface area contributed by atoms with E-state index in [4.69, 9.17) is 61.6 Å². The van der Waals surface area contributed by atoms with E-state index in [1.165, 1.54) is 12.2 Å². The molecule has 1 aliphatic heterocycles. The average molecular weight is 716 g/mol. The van der Waals surface area contributed by atoms with Crippen LogP contribution in [0.3, 0.4) is 0 Å². The lowest BCUT2D eigenvalue weighted by Gasteiger charge is -2.13. The van der Waals surface area contributed by atoms with E-state index >= 15 is 0 Å². The third-order valence-electron chi connectivity index (χ3n) is 6.05. The van der Waals surface area contributed by atoms with Crippen molar-refractivity contribution in [1.82, 2.24) is 4.90 Å². The van der Waals surface area contributed by atoms with Crippen molar-refractivity contribution in [1.29, 1.82) is 0 Å². The van der Waals surface area contributed by atoms with Crippen LogP contribution in [0.1, 0.15) is 0 Å². The molecule has 0 aromatic heterocycles. The van der Waals surface area contributed by atoms with Gasteiger partial charge in [-0.2, -0.15) is 0 Å². The lowest BCUT2D eigenvalue weighted by molar-refractivity contribution is -0.137. The molecule has 0 spiro atoms. The van der Waals surface area contributed by atoms with Gasteiger partial charge >= 0.3 is 0 Å². The molecular formula is C32H58FNO15. The van der Waals surface area contributed by atoms with Crippen molar-refractivity contribution >= 4 is 11.8 Å². The Labute approximate surface area is 289 Å². The van der Waals surface area contributed by atoms with Crippen LogP contribution in [-0.4, -0.2) is 202 Å². The fraction of sp³-hybridized carbons (Fsp3) is 0.875. The number of halogens is 1. The molecule has 1 heterocycles. The summed E-state index contributed by atoms with van der Waals surface area (Å²) in [5.74, 6) is -0.620. The summed E-state index contributed by atoms with van der Waals surface area (Å²) in [5.41, 5.74) is 0. The number of carbonyl (C=O) groups excluding carboxylic acids is 2. The summed E-state index contributed by atoms with van der Waals surface area (Å²) in [4.78, 5) is 23.9. The first-order valence-electron chi connectivity index (χ1n) is 16.9. The van der Waals surface area contributed by atoms with E-state index in [1.54, 1.807) is 0 Å². The number of nitrogens with zero attached hydrogens (tertiary/aromatic N) is 1. The maximum Gasteiger partial charge on any atom is 0.253 e. The molecule has 16 nitrogen and oxygen atoms in total. The van der Waals surface area contributed by atoms with Gasteiger partial charge in [0.2, 0.25) is 0 Å². The zero-order chi connectivity index (χ0) is 35.1. The Kier molecular flexibility index (Phi) is 34.7. The summed E-state index contributed by atoms with van der Waals surface area (Å²) < 4.78 is 81.8. The summed E-state index contributed by atoms with van der Waals surface area (Å²) in [5, 5.41) is 0. The average Bonchev–Trinajstić information content (AvgIpc) is 3.43. The molecule has 0 saturated carbocycles. The van der Waals surface area contributed by atoms with Crippen LogP contribution < -0.4 is 0 Å². The number of alkyl halides is 1. The molecule has 17 heteroatoms. The minimum absolute atomic E-state index is 0.107. The van der Waals surface area contributed by atoms with Crippen LogP contribution in [0.25, 0.3) is 0 Å². The molecule has 2 amide bonds. The maximum absolute atomic E-state index is 11.8. The normalized spacial score (nSPS) is 13.0. The van der Waals surface area contributed by atoms with Crippen LogP contribution in [-0.2, 0) is 71.2 Å². The predicted molar refractivity (Wildman–Crippen MR) is 172 cm³/mol. The van der Waals surface area contributed by atoms with Crippen LogP contribution in [0.4, 0.5) is 4.39 Å². The van der Waals surface area contributed by atoms with Crippen molar-refractivity contribution in [3.05, 3.63) is 12.2 Å². The monoisotopic (exact) mass is 715 g/mol. The topological polar surface area (TPSA) is 157 Å². The van der Waals surface area contributed by atoms with E-state index in [-0.39, 0.29) is 31.6 Å². The molecule has 288 valence electrons. The highest BCUT2D eigenvalue weighted by atomic mass is 19.1. The SMILES string of the molecule is O=C1C=CC(=O)N1CCOCCOCCOCCOCCOCCOCCOCCOCCOCCOCCOCCOCCOCCF.